The Balaban J connectivity index is 1.37. The van der Waals surface area contributed by atoms with E-state index in [1.165, 1.54) is 45.4 Å². The van der Waals surface area contributed by atoms with Crippen LogP contribution in [0.15, 0.2) is 54.6 Å². The summed E-state index contributed by atoms with van der Waals surface area (Å²) in [5.41, 5.74) is 6.94. The molecule has 31 heteroatoms. The molecule has 1 unspecified atom stereocenters. The fraction of sp³-hybridized carbons (Fsp3) is 0.657. The van der Waals surface area contributed by atoms with Crippen LogP contribution in [0.3, 0.4) is 0 Å². The number of ether oxygens (including phenoxy) is 3. The third-order valence-corrected chi connectivity index (χ3v) is 18.7. The number of phosphoric ester groups is 1. The number of cyclic esters (lactones) is 1. The molecule has 548 valence electrons. The zero-order chi connectivity index (χ0) is 73.6. The minimum absolute atomic E-state index is 0.0191. The van der Waals surface area contributed by atoms with E-state index in [0.717, 1.165) is 0 Å². The van der Waals surface area contributed by atoms with E-state index in [4.69, 9.17) is 29.0 Å². The molecule has 2 aliphatic heterocycles. The van der Waals surface area contributed by atoms with Crippen molar-refractivity contribution in [3.63, 3.8) is 0 Å². The number of rotatable bonds is 39. The molecule has 0 spiro atoms. The Hall–Kier alpha value is -7.44. The van der Waals surface area contributed by atoms with Gasteiger partial charge in [0.25, 0.3) is 0 Å². The van der Waals surface area contributed by atoms with Crippen molar-refractivity contribution in [2.45, 2.75) is 206 Å². The number of anilines is 1. The highest BCUT2D eigenvalue weighted by atomic mass is 31.2. The molecule has 9 amide bonds. The Morgan fingerprint density at radius 2 is 1.35 bits per heavy atom. The summed E-state index contributed by atoms with van der Waals surface area (Å²) >= 11 is 0. The number of benzene rings is 2. The van der Waals surface area contributed by atoms with Gasteiger partial charge < -0.3 is 77.0 Å². The van der Waals surface area contributed by atoms with Crippen LogP contribution < -0.4 is 43.0 Å². The second kappa shape index (κ2) is 38.8. The van der Waals surface area contributed by atoms with Gasteiger partial charge in [0.05, 0.1) is 80.8 Å². The Labute approximate surface area is 574 Å². The summed E-state index contributed by atoms with van der Waals surface area (Å²) in [4.78, 5) is 163. The van der Waals surface area contributed by atoms with Crippen molar-refractivity contribution in [3.05, 3.63) is 65.7 Å². The number of phosphoric acid groups is 1. The van der Waals surface area contributed by atoms with E-state index in [1.807, 2.05) is 60.5 Å². The average molecular weight is 1400 g/mol. The topological polar surface area (TPSA) is 411 Å². The fourth-order valence-electron chi connectivity index (χ4n) is 12.2. The largest absolute Gasteiger partial charge is 0.481 e. The van der Waals surface area contributed by atoms with Gasteiger partial charge in [0, 0.05) is 39.9 Å². The highest BCUT2D eigenvalue weighted by Gasteiger charge is 2.45. The lowest BCUT2D eigenvalue weighted by atomic mass is 9.89. The molecule has 2 aromatic rings. The maximum absolute atomic E-state index is 14.6. The van der Waals surface area contributed by atoms with Crippen molar-refractivity contribution in [1.82, 2.24) is 46.6 Å². The molecule has 2 saturated heterocycles. The van der Waals surface area contributed by atoms with Gasteiger partial charge in [0.2, 0.25) is 53.2 Å². The summed E-state index contributed by atoms with van der Waals surface area (Å²) in [5.74, 6) is -9.77. The number of esters is 1. The summed E-state index contributed by atoms with van der Waals surface area (Å²) < 4.78 is 42.0. The van der Waals surface area contributed by atoms with E-state index in [-0.39, 0.29) is 60.6 Å². The zero-order valence-electron chi connectivity index (χ0n) is 59.4. The van der Waals surface area contributed by atoms with Gasteiger partial charge in [-0.3, -0.25) is 61.9 Å². The van der Waals surface area contributed by atoms with Crippen molar-refractivity contribution in [2.75, 3.05) is 53.8 Å². The maximum Gasteiger partial charge on any atom is 0.473 e. The first-order valence-corrected chi connectivity index (χ1v) is 34.8. The Bertz CT molecular complexity index is 3080. The lowest BCUT2D eigenvalue weighted by molar-refractivity contribution is -0.148. The molecule has 2 heterocycles. The predicted octanol–water partition coefficient (Wildman–Crippen LogP) is 2.91. The first-order chi connectivity index (χ1) is 46.0. The van der Waals surface area contributed by atoms with Crippen LogP contribution in [0, 0.1) is 29.6 Å². The van der Waals surface area contributed by atoms with Crippen molar-refractivity contribution >= 4 is 78.6 Å². The van der Waals surface area contributed by atoms with Crippen LogP contribution in [0.2, 0.25) is 0 Å². The van der Waals surface area contributed by atoms with E-state index in [0.29, 0.717) is 36.9 Å². The fourth-order valence-corrected chi connectivity index (χ4v) is 13.1. The number of hydrogen-bond acceptors (Lipinski definition) is 19. The minimum atomic E-state index is -4.93. The molecule has 16 atom stereocenters. The van der Waals surface area contributed by atoms with Gasteiger partial charge in [-0.2, -0.15) is 0 Å². The molecule has 2 fully saturated rings. The van der Waals surface area contributed by atoms with Crippen molar-refractivity contribution in [2.24, 2.45) is 35.3 Å². The zero-order valence-corrected chi connectivity index (χ0v) is 60.3. The van der Waals surface area contributed by atoms with Crippen LogP contribution in [-0.2, 0) is 87.2 Å². The van der Waals surface area contributed by atoms with E-state index in [1.54, 1.807) is 74.9 Å². The number of likely N-dealkylation sites (N-methyl/N-ethyl adjacent to an activating group) is 2. The van der Waals surface area contributed by atoms with Crippen LogP contribution in [0.25, 0.3) is 0 Å². The number of carbonyl (C=O) groups excluding carboxylic acids is 10. The Morgan fingerprint density at radius 3 is 1.89 bits per heavy atom. The number of hydrogen-bond donors (Lipinski definition) is 10. The van der Waals surface area contributed by atoms with Gasteiger partial charge in [-0.15, -0.1) is 0 Å². The number of nitrogens with one attached hydrogen (secondary N) is 7. The number of carboxylic acid groups (broad SMARTS) is 1. The summed E-state index contributed by atoms with van der Waals surface area (Å²) in [7, 11) is 3.37. The van der Waals surface area contributed by atoms with Gasteiger partial charge in [0.1, 0.15) is 36.3 Å². The van der Waals surface area contributed by atoms with E-state index in [2.05, 4.69) is 37.2 Å². The highest BCUT2D eigenvalue weighted by Crippen LogP contribution is 2.49. The molecule has 2 aromatic carbocycles. The normalized spacial score (nSPS) is 19.4. The Kier molecular flexibility index (Phi) is 32.8. The maximum atomic E-state index is 14.6. The lowest BCUT2D eigenvalue weighted by Gasteiger charge is -2.41. The van der Waals surface area contributed by atoms with Gasteiger partial charge in [-0.05, 0) is 87.7 Å². The van der Waals surface area contributed by atoms with Gasteiger partial charge >= 0.3 is 19.8 Å². The molecule has 11 N–H and O–H groups in total. The average Bonchev–Trinajstić information content (AvgIpc) is 1.37. The van der Waals surface area contributed by atoms with Crippen LogP contribution in [0.1, 0.15) is 138 Å². The van der Waals surface area contributed by atoms with E-state index in [9.17, 15) is 67.3 Å². The number of aliphatic carboxylic acids is 1. The molecule has 98 heavy (non-hydrogen) atoms. The van der Waals surface area contributed by atoms with Gasteiger partial charge in [0.15, 0.2) is 0 Å². The molecule has 2 aliphatic rings. The number of nitrogens with two attached hydrogens (primary N) is 1. The number of carbonyl (C=O) groups is 11. The molecule has 0 aliphatic carbocycles. The van der Waals surface area contributed by atoms with Crippen molar-refractivity contribution in [3.8, 4) is 0 Å². The number of methoxy groups -OCH3 is 2. The molecule has 30 nitrogen and oxygen atoms in total. The van der Waals surface area contributed by atoms with Crippen LogP contribution in [0.4, 0.5) is 5.69 Å². The van der Waals surface area contributed by atoms with Crippen molar-refractivity contribution < 1.29 is 90.6 Å². The molecule has 0 radical (unpaired) electrons. The lowest BCUT2D eigenvalue weighted by Crippen LogP contribution is -2.59. The molecular formula is C67H106N11O19P. The number of carboxylic acids is 1. The predicted molar refractivity (Wildman–Crippen MR) is 361 cm³/mol. The molecule has 0 bridgehead atoms. The van der Waals surface area contributed by atoms with E-state index < -0.39 is 165 Å². The minimum Gasteiger partial charge on any atom is -0.481 e. The third kappa shape index (κ3) is 24.2. The number of likely N-dealkylation sites (tertiary alicyclic amines) is 1. The highest BCUT2D eigenvalue weighted by molar-refractivity contribution is 7.47. The first kappa shape index (κ1) is 83.0. The monoisotopic (exact) mass is 1400 g/mol. The van der Waals surface area contributed by atoms with Crippen LogP contribution >= 0.6 is 7.82 Å². The van der Waals surface area contributed by atoms with Crippen LogP contribution in [0.5, 0.6) is 0 Å². The van der Waals surface area contributed by atoms with Crippen LogP contribution in [-0.4, -0.2) is 211 Å². The van der Waals surface area contributed by atoms with E-state index >= 15 is 0 Å². The second-order valence-corrected chi connectivity index (χ2v) is 28.0. The molecular weight excluding hydrogens is 1290 g/mol. The standard InChI is InChI=1S/C67H106N11O19P/c1-17-39(8)57(77(14)66(89)55(37(4)5)75-65(88)56(38(6)7)76(12)13)50(93-15)34-52(80)78-30-21-24-49(78)58(94-16)40(9)60(83)69-41(10)59(44-22-19-18-20-23-44)97-98(91,92)96-35-43-25-27-45(28-26-43)71-61(84)42(11)70-64(87)54(36(2)3)74-63(86)48(33-53(81)82)73-62(85)46(68)32-51(79)72-47-29-31-95-67(47)90/h18-20,22-23,25-28,36-42,46-50,54-59H,17,21,24,29-35,68H2,1-16H3,(H,69,83)(H,70,87)(H,71,84)(H,72,79)(H,73,85)(H,74,86)(H,75,88)(H,81,82)(H,91,92)/t39-,40+,41+,42-,46-,47-,48-,49-,50+,54-,55-,56-,57-,58+,59+/m0/s1. The molecule has 4 rings (SSSR count). The number of amides is 9. The summed E-state index contributed by atoms with van der Waals surface area (Å²) in [6.07, 6.45) is -2.40. The quantitative estimate of drug-likeness (QED) is 0.0340. The smallest absolute Gasteiger partial charge is 0.473 e. The summed E-state index contributed by atoms with van der Waals surface area (Å²) in [5, 5.41) is 27.7. The first-order valence-electron chi connectivity index (χ1n) is 33.3. The summed E-state index contributed by atoms with van der Waals surface area (Å²) in [6.45, 7) is 19.4. The van der Waals surface area contributed by atoms with Gasteiger partial charge in [-0.1, -0.05) is 111 Å². The molecule has 0 aromatic heterocycles. The SMILES string of the molecule is CC[C@H](C)[C@@H]([C@@H](CC(=O)N1CCC[C@H]1[C@H](OC)[C@@H](C)C(=O)N[C@H](C)[C@@H](OP(=O)(O)OCc1ccc(NC(=O)[C@H](C)NC(=O)[C@@H](NC(=O)[C@H](CC(=O)O)NC(=O)[C@@H](N)CC(=O)N[C@H]2CCOC2=O)C(C)C)cc1)c1ccccc1)OC)N(C)C(=O)[C@@H](NC(=O)[C@H](C(C)C)N(C)C)C(C)C. The molecule has 0 saturated carbocycles. The number of nitrogens with zero attached hydrogens (tertiary/aromatic N) is 3. The third-order valence-electron chi connectivity index (χ3n) is 17.8. The summed E-state index contributed by atoms with van der Waals surface area (Å²) in [6, 6.07) is 4.26. The van der Waals surface area contributed by atoms with Gasteiger partial charge in [-0.25, -0.2) is 9.36 Å². The second-order valence-electron chi connectivity index (χ2n) is 26.6. The Morgan fingerprint density at radius 1 is 0.724 bits per heavy atom. The van der Waals surface area contributed by atoms with Crippen molar-refractivity contribution in [1.29, 1.82) is 0 Å².